The number of ether oxygens (including phenoxy) is 1. The first kappa shape index (κ1) is 23.1. The van der Waals surface area contributed by atoms with Crippen LogP contribution in [0.5, 0.6) is 0 Å². The van der Waals surface area contributed by atoms with Crippen LogP contribution < -0.4 is 0 Å². The first-order chi connectivity index (χ1) is 13.3. The van der Waals surface area contributed by atoms with Gasteiger partial charge >= 0.3 is 21.7 Å². The third kappa shape index (κ3) is 4.85. The molecular weight excluding hydrogens is 411 g/mol. The molecule has 0 aromatic carbocycles. The van der Waals surface area contributed by atoms with Gasteiger partial charge in [0.15, 0.2) is 0 Å². The van der Waals surface area contributed by atoms with Crippen LogP contribution in [-0.2, 0) is 19.0 Å². The fourth-order valence-corrected chi connectivity index (χ4v) is 4.10. The standard InChI is InChI=1S/C19H24F3NO5S/c1-5-7-13(8-6-2)16-18(3,4)27-17(24)23(16)14-9-11-15(12-10-14)28-29(25,26)19(20,21)22/h5-8,11,14,16H,1,9-10,12H2,2-4H3/b8-6-,13-7+. The Labute approximate surface area is 168 Å². The molecule has 0 bridgehead atoms. The van der Waals surface area contributed by atoms with Gasteiger partial charge in [-0.2, -0.15) is 21.6 Å². The molecule has 2 aliphatic rings. The molecule has 1 saturated heterocycles. The largest absolute Gasteiger partial charge is 0.534 e. The van der Waals surface area contributed by atoms with Crippen molar-refractivity contribution in [3.8, 4) is 0 Å². The maximum absolute atomic E-state index is 12.6. The summed E-state index contributed by atoms with van der Waals surface area (Å²) in [5, 5.41) is 0. The predicted molar refractivity (Wildman–Crippen MR) is 101 cm³/mol. The number of hydrogen-bond donors (Lipinski definition) is 0. The van der Waals surface area contributed by atoms with Crippen LogP contribution in [0, 0.1) is 0 Å². The average molecular weight is 435 g/mol. The fourth-order valence-electron chi connectivity index (χ4n) is 3.57. The van der Waals surface area contributed by atoms with E-state index in [1.807, 2.05) is 19.1 Å². The highest BCUT2D eigenvalue weighted by Crippen LogP contribution is 2.39. The zero-order valence-corrected chi connectivity index (χ0v) is 17.2. The van der Waals surface area contributed by atoms with E-state index in [0.29, 0.717) is 0 Å². The Morgan fingerprint density at radius 1 is 1.41 bits per heavy atom. The summed E-state index contributed by atoms with van der Waals surface area (Å²) in [4.78, 5) is 14.1. The topological polar surface area (TPSA) is 72.9 Å². The number of cyclic esters (lactones) is 1. The molecule has 1 aliphatic carbocycles. The van der Waals surface area contributed by atoms with Gasteiger partial charge in [-0.05, 0) is 45.3 Å². The normalized spacial score (nSPS) is 25.7. The van der Waals surface area contributed by atoms with Crippen molar-refractivity contribution in [3.63, 3.8) is 0 Å². The Hall–Kier alpha value is -2.23. The van der Waals surface area contributed by atoms with Crippen molar-refractivity contribution in [2.75, 3.05) is 0 Å². The lowest BCUT2D eigenvalue weighted by molar-refractivity contribution is -0.0524. The molecular formula is C19H24F3NO5S. The summed E-state index contributed by atoms with van der Waals surface area (Å²) in [5.74, 6) is -0.280. The number of nitrogens with zero attached hydrogens (tertiary/aromatic N) is 1. The van der Waals surface area contributed by atoms with Gasteiger partial charge in [0.05, 0.1) is 6.04 Å². The zero-order valence-electron chi connectivity index (χ0n) is 16.4. The Bertz CT molecular complexity index is 856. The van der Waals surface area contributed by atoms with E-state index < -0.39 is 33.4 Å². The molecule has 1 amide bonds. The molecule has 10 heteroatoms. The molecule has 2 rings (SSSR count). The van der Waals surface area contributed by atoms with Crippen molar-refractivity contribution in [2.24, 2.45) is 0 Å². The fraction of sp³-hybridized carbons (Fsp3) is 0.526. The average Bonchev–Trinajstić information content (AvgIpc) is 2.82. The number of alkyl halides is 3. The minimum absolute atomic E-state index is 0.0545. The van der Waals surface area contributed by atoms with Gasteiger partial charge < -0.3 is 8.92 Å². The Kier molecular flexibility index (Phi) is 6.56. The molecule has 0 aromatic rings. The third-order valence-electron chi connectivity index (χ3n) is 4.72. The lowest BCUT2D eigenvalue weighted by atomic mass is 9.88. The molecule has 0 N–H and O–H groups in total. The number of rotatable bonds is 6. The summed E-state index contributed by atoms with van der Waals surface area (Å²) in [6.45, 7) is 9.08. The molecule has 6 nitrogen and oxygen atoms in total. The quantitative estimate of drug-likeness (QED) is 0.347. The number of amides is 1. The maximum Gasteiger partial charge on any atom is 0.534 e. The van der Waals surface area contributed by atoms with Crippen molar-refractivity contribution in [3.05, 3.63) is 48.3 Å². The Morgan fingerprint density at radius 3 is 2.55 bits per heavy atom. The SMILES string of the molecule is C=C/C=C(\C=C/C)C1N(C2CC=C(OS(=O)(=O)C(F)(F)F)CC2)C(=O)OC1(C)C. The van der Waals surface area contributed by atoms with Gasteiger partial charge in [-0.3, -0.25) is 4.90 Å². The summed E-state index contributed by atoms with van der Waals surface area (Å²) >= 11 is 0. The molecule has 0 radical (unpaired) electrons. The van der Waals surface area contributed by atoms with E-state index in [1.54, 1.807) is 30.9 Å². The second-order valence-electron chi connectivity index (χ2n) is 7.27. The summed E-state index contributed by atoms with van der Waals surface area (Å²) < 4.78 is 69.6. The molecule has 1 fully saturated rings. The van der Waals surface area contributed by atoms with Gasteiger partial charge in [0.1, 0.15) is 11.4 Å². The highest BCUT2D eigenvalue weighted by atomic mass is 32.2. The lowest BCUT2D eigenvalue weighted by Crippen LogP contribution is -2.48. The summed E-state index contributed by atoms with van der Waals surface area (Å²) in [5.41, 5.74) is -5.54. The first-order valence-corrected chi connectivity index (χ1v) is 10.4. The van der Waals surface area contributed by atoms with Crippen LogP contribution in [0.3, 0.4) is 0 Å². The van der Waals surface area contributed by atoms with Crippen molar-refractivity contribution >= 4 is 16.2 Å². The van der Waals surface area contributed by atoms with Crippen LogP contribution >= 0.6 is 0 Å². The third-order valence-corrected chi connectivity index (χ3v) is 5.72. The van der Waals surface area contributed by atoms with Gasteiger partial charge in [0.25, 0.3) is 0 Å². The summed E-state index contributed by atoms with van der Waals surface area (Å²) in [7, 11) is -5.70. The number of carbonyl (C=O) groups excluding carboxylic acids is 1. The van der Waals surface area contributed by atoms with Gasteiger partial charge in [-0.25, -0.2) is 4.79 Å². The number of hydrogen-bond acceptors (Lipinski definition) is 5. The van der Waals surface area contributed by atoms with E-state index in [0.717, 1.165) is 5.57 Å². The van der Waals surface area contributed by atoms with Crippen molar-refractivity contribution in [1.82, 2.24) is 4.90 Å². The maximum atomic E-state index is 12.6. The molecule has 2 atom stereocenters. The van der Waals surface area contributed by atoms with Gasteiger partial charge in [-0.1, -0.05) is 30.9 Å². The second kappa shape index (κ2) is 8.25. The molecule has 0 aromatic heterocycles. The second-order valence-corrected chi connectivity index (χ2v) is 8.80. The monoisotopic (exact) mass is 435 g/mol. The number of halogens is 3. The van der Waals surface area contributed by atoms with Gasteiger partial charge in [0.2, 0.25) is 0 Å². The van der Waals surface area contributed by atoms with E-state index >= 15 is 0 Å². The van der Waals surface area contributed by atoms with Crippen LogP contribution in [0.1, 0.15) is 40.0 Å². The van der Waals surface area contributed by atoms with E-state index in [4.69, 9.17) is 4.74 Å². The van der Waals surface area contributed by atoms with Crippen LogP contribution in [0.4, 0.5) is 18.0 Å². The Balaban J connectivity index is 2.27. The van der Waals surface area contributed by atoms with Crippen LogP contribution in [0.2, 0.25) is 0 Å². The van der Waals surface area contributed by atoms with E-state index in [1.165, 1.54) is 6.08 Å². The zero-order chi connectivity index (χ0) is 22.0. The number of carbonyl (C=O) groups is 1. The van der Waals surface area contributed by atoms with E-state index in [-0.39, 0.29) is 31.1 Å². The van der Waals surface area contributed by atoms with Crippen molar-refractivity contribution < 1.29 is 35.3 Å². The van der Waals surface area contributed by atoms with Crippen molar-refractivity contribution in [2.45, 2.75) is 63.2 Å². The highest BCUT2D eigenvalue weighted by molar-refractivity contribution is 7.87. The smallest absolute Gasteiger partial charge is 0.441 e. The van der Waals surface area contributed by atoms with E-state index in [2.05, 4.69) is 10.8 Å². The van der Waals surface area contributed by atoms with Gasteiger partial charge in [-0.15, -0.1) is 0 Å². The predicted octanol–water partition coefficient (Wildman–Crippen LogP) is 4.58. The molecule has 2 unspecified atom stereocenters. The van der Waals surface area contributed by atoms with Crippen LogP contribution in [0.25, 0.3) is 0 Å². The summed E-state index contributed by atoms with van der Waals surface area (Å²) in [6, 6.07) is -0.822. The van der Waals surface area contributed by atoms with Crippen LogP contribution in [0.15, 0.2) is 48.3 Å². The van der Waals surface area contributed by atoms with E-state index in [9.17, 15) is 26.4 Å². The minimum atomic E-state index is -5.70. The molecule has 0 saturated carbocycles. The van der Waals surface area contributed by atoms with Gasteiger partial charge in [0, 0.05) is 12.5 Å². The molecule has 0 spiro atoms. The lowest BCUT2D eigenvalue weighted by Gasteiger charge is -2.36. The molecule has 29 heavy (non-hydrogen) atoms. The first-order valence-electron chi connectivity index (χ1n) is 9.00. The highest BCUT2D eigenvalue weighted by Gasteiger charge is 2.52. The molecule has 1 aliphatic heterocycles. The van der Waals surface area contributed by atoms with Crippen molar-refractivity contribution in [1.29, 1.82) is 0 Å². The number of allylic oxidation sites excluding steroid dienone is 4. The Morgan fingerprint density at radius 2 is 2.07 bits per heavy atom. The minimum Gasteiger partial charge on any atom is -0.441 e. The van der Waals surface area contributed by atoms with Crippen LogP contribution in [-0.4, -0.2) is 42.6 Å². The molecule has 1 heterocycles. The summed E-state index contributed by atoms with van der Waals surface area (Å²) in [6.07, 6.45) is 8.09. The molecule has 162 valence electrons.